The average molecular weight is 281 g/mol. The fraction of sp³-hybridized carbons (Fsp3) is 0.308. The predicted molar refractivity (Wildman–Crippen MR) is 71.0 cm³/mol. The van der Waals surface area contributed by atoms with E-state index in [-0.39, 0.29) is 5.37 Å². The van der Waals surface area contributed by atoms with Crippen LogP contribution in [-0.4, -0.2) is 23.5 Å². The summed E-state index contributed by atoms with van der Waals surface area (Å²) in [7, 11) is 1.92. The molecule has 1 unspecified atom stereocenters. The van der Waals surface area contributed by atoms with Crippen LogP contribution in [0.25, 0.3) is 0 Å². The van der Waals surface area contributed by atoms with Gasteiger partial charge in [-0.15, -0.1) is 0 Å². The number of pyridine rings is 1. The van der Waals surface area contributed by atoms with Crippen LogP contribution in [0.15, 0.2) is 35.0 Å². The zero-order chi connectivity index (χ0) is 13.6. The van der Waals surface area contributed by atoms with E-state index >= 15 is 0 Å². The third-order valence-corrected chi connectivity index (χ3v) is 4.86. The molecule has 19 heavy (non-hydrogen) atoms. The maximum Gasteiger partial charge on any atom is 0.221 e. The van der Waals surface area contributed by atoms with Gasteiger partial charge in [-0.1, -0.05) is 18.3 Å². The summed E-state index contributed by atoms with van der Waals surface area (Å²) in [5.74, 6) is -1.54. The van der Waals surface area contributed by atoms with Crippen molar-refractivity contribution in [2.75, 3.05) is 13.6 Å². The summed E-state index contributed by atoms with van der Waals surface area (Å²) in [6.07, 6.45) is 0.880. The van der Waals surface area contributed by atoms with E-state index < -0.39 is 11.9 Å². The van der Waals surface area contributed by atoms with Gasteiger partial charge in [0.25, 0.3) is 0 Å². The van der Waals surface area contributed by atoms with E-state index in [1.165, 1.54) is 23.9 Å². The molecule has 6 heteroatoms. The maximum atomic E-state index is 13.8. The third-order valence-electron chi connectivity index (χ3n) is 3.35. The molecule has 0 saturated carbocycles. The number of thioether (sulfide) groups is 1. The molecule has 3 nitrogen and oxygen atoms in total. The molecule has 0 aliphatic carbocycles. The van der Waals surface area contributed by atoms with E-state index in [4.69, 9.17) is 0 Å². The molecular weight excluding hydrogens is 268 g/mol. The Morgan fingerprint density at radius 3 is 2.95 bits per heavy atom. The molecule has 2 aliphatic rings. The smallest absolute Gasteiger partial charge is 0.221 e. The van der Waals surface area contributed by atoms with Crippen molar-refractivity contribution in [3.63, 3.8) is 0 Å². The second kappa shape index (κ2) is 4.52. The highest BCUT2D eigenvalue weighted by atomic mass is 32.2. The monoisotopic (exact) mass is 281 g/mol. The molecule has 3 heterocycles. The van der Waals surface area contributed by atoms with Crippen LogP contribution >= 0.6 is 11.8 Å². The van der Waals surface area contributed by atoms with Gasteiger partial charge < -0.3 is 10.2 Å². The molecule has 1 aromatic rings. The van der Waals surface area contributed by atoms with E-state index in [9.17, 15) is 8.78 Å². The Kier molecular flexibility index (Phi) is 2.97. The Labute approximate surface area is 114 Å². The minimum absolute atomic E-state index is 0.213. The highest BCUT2D eigenvalue weighted by Crippen LogP contribution is 2.50. The Hall–Kier alpha value is -1.56. The lowest BCUT2D eigenvalue weighted by Crippen LogP contribution is -2.25. The highest BCUT2D eigenvalue weighted by Gasteiger charge is 2.35. The summed E-state index contributed by atoms with van der Waals surface area (Å²) in [6.45, 7) is 4.80. The number of aromatic nitrogens is 1. The lowest BCUT2D eigenvalue weighted by atomic mass is 10.1. The Bertz CT molecular complexity index is 585. The molecular formula is C13H13F2N3S. The van der Waals surface area contributed by atoms with Crippen LogP contribution in [-0.2, 0) is 0 Å². The van der Waals surface area contributed by atoms with E-state index in [1.807, 2.05) is 11.9 Å². The van der Waals surface area contributed by atoms with Gasteiger partial charge in [0, 0.05) is 37.0 Å². The molecule has 0 bridgehead atoms. The van der Waals surface area contributed by atoms with Gasteiger partial charge in [-0.3, -0.25) is 0 Å². The number of rotatable bonds is 1. The third kappa shape index (κ3) is 2.00. The fourth-order valence-electron chi connectivity index (χ4n) is 2.39. The summed E-state index contributed by atoms with van der Waals surface area (Å²) in [6, 6.07) is 2.65. The Morgan fingerprint density at radius 1 is 1.47 bits per heavy atom. The first-order chi connectivity index (χ1) is 9.08. The molecule has 0 aromatic carbocycles. The number of nitrogens with one attached hydrogen (secondary N) is 1. The van der Waals surface area contributed by atoms with Crippen LogP contribution in [0.4, 0.5) is 8.78 Å². The number of hydrogen-bond donors (Lipinski definition) is 1. The van der Waals surface area contributed by atoms with Crippen molar-refractivity contribution in [2.24, 2.45) is 0 Å². The number of halogens is 2. The predicted octanol–water partition coefficient (Wildman–Crippen LogP) is 2.76. The summed E-state index contributed by atoms with van der Waals surface area (Å²) >= 11 is 1.52. The molecule has 0 amide bonds. The molecule has 3 rings (SSSR count). The summed E-state index contributed by atoms with van der Waals surface area (Å²) in [5.41, 5.74) is 2.43. The highest BCUT2D eigenvalue weighted by molar-refractivity contribution is 8.03. The standard InChI is InChI=1S/C13H13F2N3S/c1-7-11-9(5-6-16-7)18(2)13(19-11)8-3-4-10(14)17-12(8)15/h3-4,13,16H,1,5-6H2,2H3. The van der Waals surface area contributed by atoms with E-state index in [1.54, 1.807) is 0 Å². The second-order valence-corrected chi connectivity index (χ2v) is 5.62. The quantitative estimate of drug-likeness (QED) is 0.801. The van der Waals surface area contributed by atoms with Crippen LogP contribution in [0.5, 0.6) is 0 Å². The van der Waals surface area contributed by atoms with E-state index in [0.717, 1.165) is 29.3 Å². The molecule has 0 radical (unpaired) electrons. The first kappa shape index (κ1) is 12.5. The van der Waals surface area contributed by atoms with E-state index in [0.29, 0.717) is 5.56 Å². The molecule has 1 atom stereocenters. The zero-order valence-corrected chi connectivity index (χ0v) is 11.2. The number of hydrogen-bond acceptors (Lipinski definition) is 4. The van der Waals surface area contributed by atoms with Gasteiger partial charge in [0.1, 0.15) is 5.37 Å². The van der Waals surface area contributed by atoms with Crippen LogP contribution in [0, 0.1) is 11.9 Å². The molecule has 1 N–H and O–H groups in total. The largest absolute Gasteiger partial charge is 0.384 e. The van der Waals surface area contributed by atoms with E-state index in [2.05, 4.69) is 16.9 Å². The molecule has 2 aliphatic heterocycles. The van der Waals surface area contributed by atoms with Crippen LogP contribution in [0.3, 0.4) is 0 Å². The zero-order valence-electron chi connectivity index (χ0n) is 10.4. The maximum absolute atomic E-state index is 13.8. The minimum atomic E-state index is -0.796. The van der Waals surface area contributed by atoms with Crippen molar-refractivity contribution in [2.45, 2.75) is 11.8 Å². The lowest BCUT2D eigenvalue weighted by Gasteiger charge is -2.25. The first-order valence-electron chi connectivity index (χ1n) is 5.95. The lowest BCUT2D eigenvalue weighted by molar-refractivity contribution is 0.374. The molecule has 100 valence electrons. The van der Waals surface area contributed by atoms with Crippen molar-refractivity contribution in [1.29, 1.82) is 0 Å². The van der Waals surface area contributed by atoms with Crippen molar-refractivity contribution in [3.8, 4) is 0 Å². The van der Waals surface area contributed by atoms with Crippen LogP contribution < -0.4 is 5.32 Å². The van der Waals surface area contributed by atoms with Crippen molar-refractivity contribution in [3.05, 3.63) is 52.5 Å². The molecule has 0 spiro atoms. The fourth-order valence-corrected chi connectivity index (χ4v) is 3.79. The van der Waals surface area contributed by atoms with Gasteiger partial charge in [-0.2, -0.15) is 13.8 Å². The van der Waals surface area contributed by atoms with Gasteiger partial charge in [0.2, 0.25) is 11.9 Å². The SMILES string of the molecule is C=C1NCCC2=C1SC(c1ccc(F)nc1F)N2C. The molecule has 1 aromatic heterocycles. The van der Waals surface area contributed by atoms with Gasteiger partial charge in [-0.25, -0.2) is 0 Å². The van der Waals surface area contributed by atoms with Gasteiger partial charge in [0.15, 0.2) is 0 Å². The first-order valence-corrected chi connectivity index (χ1v) is 6.83. The Morgan fingerprint density at radius 2 is 2.26 bits per heavy atom. The summed E-state index contributed by atoms with van der Waals surface area (Å²) < 4.78 is 26.7. The topological polar surface area (TPSA) is 28.2 Å². The van der Waals surface area contributed by atoms with Crippen molar-refractivity contribution in [1.82, 2.24) is 15.2 Å². The van der Waals surface area contributed by atoms with Gasteiger partial charge >= 0.3 is 0 Å². The van der Waals surface area contributed by atoms with Gasteiger partial charge in [-0.05, 0) is 12.1 Å². The van der Waals surface area contributed by atoms with Crippen LogP contribution in [0.1, 0.15) is 17.4 Å². The minimum Gasteiger partial charge on any atom is -0.384 e. The normalized spacial score (nSPS) is 22.6. The average Bonchev–Trinajstić information content (AvgIpc) is 2.69. The summed E-state index contributed by atoms with van der Waals surface area (Å²) in [5, 5.41) is 2.99. The Balaban J connectivity index is 1.95. The second-order valence-electron chi connectivity index (χ2n) is 4.53. The van der Waals surface area contributed by atoms with Gasteiger partial charge in [0.05, 0.1) is 4.91 Å². The summed E-state index contributed by atoms with van der Waals surface area (Å²) in [4.78, 5) is 6.33. The number of nitrogens with zero attached hydrogens (tertiary/aromatic N) is 2. The molecule has 0 saturated heterocycles. The van der Waals surface area contributed by atoms with Crippen molar-refractivity contribution < 1.29 is 8.78 Å². The van der Waals surface area contributed by atoms with Crippen LogP contribution in [0.2, 0.25) is 0 Å². The molecule has 0 fully saturated rings. The van der Waals surface area contributed by atoms with Crippen molar-refractivity contribution >= 4 is 11.8 Å².